The summed E-state index contributed by atoms with van der Waals surface area (Å²) in [6, 6.07) is 13.8. The zero-order valence-corrected chi connectivity index (χ0v) is 18.0. The van der Waals surface area contributed by atoms with E-state index in [0.717, 1.165) is 23.5 Å². The number of amides is 2. The fraction of sp³-hybridized carbons (Fsp3) is 0.417. The maximum Gasteiger partial charge on any atom is 0.243 e. The summed E-state index contributed by atoms with van der Waals surface area (Å²) in [5.74, 6) is 1.08. The third-order valence-electron chi connectivity index (χ3n) is 5.34. The van der Waals surface area contributed by atoms with E-state index in [2.05, 4.69) is 10.6 Å². The number of carbonyl (C=O) groups excluding carboxylic acids is 2. The Labute approximate surface area is 187 Å². The van der Waals surface area contributed by atoms with Gasteiger partial charge in [-0.15, -0.1) is 0 Å². The predicted molar refractivity (Wildman–Crippen MR) is 117 cm³/mol. The van der Waals surface area contributed by atoms with Crippen LogP contribution in [0.2, 0.25) is 0 Å². The van der Waals surface area contributed by atoms with Gasteiger partial charge in [0.1, 0.15) is 36.3 Å². The molecule has 2 aliphatic heterocycles. The van der Waals surface area contributed by atoms with Crippen molar-refractivity contribution in [1.29, 1.82) is 0 Å². The average molecular weight is 440 g/mol. The highest BCUT2D eigenvalue weighted by Crippen LogP contribution is 2.18. The van der Waals surface area contributed by atoms with Crippen LogP contribution < -0.4 is 20.1 Å². The fourth-order valence-electron chi connectivity index (χ4n) is 3.42. The third kappa shape index (κ3) is 6.21. The second kappa shape index (κ2) is 10.5. The van der Waals surface area contributed by atoms with Crippen molar-refractivity contribution >= 4 is 11.8 Å². The first-order valence-corrected chi connectivity index (χ1v) is 10.8. The number of epoxide rings is 1. The summed E-state index contributed by atoms with van der Waals surface area (Å²) >= 11 is 0. The van der Waals surface area contributed by atoms with E-state index in [-0.39, 0.29) is 24.7 Å². The van der Waals surface area contributed by atoms with E-state index in [1.165, 1.54) is 0 Å². The molecule has 2 amide bonds. The minimum atomic E-state index is -0.602. The van der Waals surface area contributed by atoms with Gasteiger partial charge in [0.2, 0.25) is 11.8 Å². The molecule has 2 N–H and O–H groups in total. The van der Waals surface area contributed by atoms with Crippen molar-refractivity contribution in [2.75, 3.05) is 26.6 Å². The number of hydrogen-bond donors (Lipinski definition) is 2. The van der Waals surface area contributed by atoms with Crippen LogP contribution in [-0.4, -0.2) is 56.6 Å². The molecule has 2 saturated heterocycles. The Kier molecular flexibility index (Phi) is 7.24. The number of carbonyl (C=O) groups is 2. The van der Waals surface area contributed by atoms with E-state index in [0.29, 0.717) is 31.8 Å². The minimum absolute atomic E-state index is 0.183. The topological polar surface area (TPSA) is 98.4 Å². The summed E-state index contributed by atoms with van der Waals surface area (Å²) in [7, 11) is 0. The number of hydrogen-bond acceptors (Lipinski definition) is 6. The smallest absolute Gasteiger partial charge is 0.243 e. The first-order valence-electron chi connectivity index (χ1n) is 10.8. The second-order valence-corrected chi connectivity index (χ2v) is 7.84. The van der Waals surface area contributed by atoms with Gasteiger partial charge in [0.25, 0.3) is 0 Å². The maximum atomic E-state index is 12.6. The van der Waals surface area contributed by atoms with Gasteiger partial charge in [-0.1, -0.05) is 24.3 Å². The Morgan fingerprint density at radius 1 is 0.844 bits per heavy atom. The van der Waals surface area contributed by atoms with Crippen LogP contribution in [0.3, 0.4) is 0 Å². The Morgan fingerprint density at radius 2 is 1.34 bits per heavy atom. The molecule has 0 aromatic heterocycles. The van der Waals surface area contributed by atoms with Gasteiger partial charge in [-0.25, -0.2) is 0 Å². The van der Waals surface area contributed by atoms with Crippen LogP contribution in [0, 0.1) is 0 Å². The summed E-state index contributed by atoms with van der Waals surface area (Å²) < 4.78 is 21.4. The van der Waals surface area contributed by atoms with Gasteiger partial charge >= 0.3 is 0 Å². The molecule has 0 radical (unpaired) electrons. The molecule has 8 heteroatoms. The first kappa shape index (κ1) is 22.1. The molecule has 3 atom stereocenters. The Balaban J connectivity index is 1.26. The van der Waals surface area contributed by atoms with Crippen molar-refractivity contribution in [3.63, 3.8) is 0 Å². The van der Waals surface area contributed by atoms with Crippen LogP contribution >= 0.6 is 0 Å². The van der Waals surface area contributed by atoms with Crippen LogP contribution in [-0.2, 0) is 31.9 Å². The molecule has 0 aliphatic carbocycles. The highest BCUT2D eigenvalue weighted by Gasteiger charge is 2.33. The Bertz CT molecular complexity index is 911. The number of benzene rings is 2. The number of piperazine rings is 1. The first-order chi connectivity index (χ1) is 15.6. The summed E-state index contributed by atoms with van der Waals surface area (Å²) in [6.07, 6.45) is 1.03. The molecule has 4 rings (SSSR count). The fourth-order valence-corrected chi connectivity index (χ4v) is 3.42. The highest BCUT2D eigenvalue weighted by atomic mass is 16.7. The van der Waals surface area contributed by atoms with Crippen molar-refractivity contribution < 1.29 is 28.5 Å². The third-order valence-corrected chi connectivity index (χ3v) is 5.34. The Hall–Kier alpha value is -3.10. The van der Waals surface area contributed by atoms with Crippen LogP contribution in [0.5, 0.6) is 11.5 Å². The maximum absolute atomic E-state index is 12.6. The molecule has 8 nitrogen and oxygen atoms in total. The van der Waals surface area contributed by atoms with Crippen molar-refractivity contribution in [2.24, 2.45) is 0 Å². The van der Waals surface area contributed by atoms with E-state index in [1.807, 2.05) is 55.5 Å². The molecule has 2 aliphatic rings. The SMILES string of the molecule is CCOCOc1ccc(CC2NC(=O)C(Cc3ccc(OCC4CO4)cc3)NC2=O)cc1. The van der Waals surface area contributed by atoms with Gasteiger partial charge < -0.3 is 29.6 Å². The molecule has 3 unspecified atom stereocenters. The van der Waals surface area contributed by atoms with Crippen LogP contribution in [0.25, 0.3) is 0 Å². The number of nitrogens with one attached hydrogen (secondary N) is 2. The van der Waals surface area contributed by atoms with Crippen LogP contribution in [0.1, 0.15) is 18.1 Å². The minimum Gasteiger partial charge on any atom is -0.491 e. The summed E-state index contributed by atoms with van der Waals surface area (Å²) in [4.78, 5) is 25.2. The predicted octanol–water partition coefficient (Wildman–Crippen LogP) is 1.61. The number of rotatable bonds is 11. The van der Waals surface area contributed by atoms with Crippen molar-refractivity contribution in [1.82, 2.24) is 10.6 Å². The monoisotopic (exact) mass is 440 g/mol. The highest BCUT2D eigenvalue weighted by molar-refractivity contribution is 5.97. The largest absolute Gasteiger partial charge is 0.491 e. The lowest BCUT2D eigenvalue weighted by Crippen LogP contribution is -2.62. The molecule has 2 heterocycles. The molecule has 0 saturated carbocycles. The second-order valence-electron chi connectivity index (χ2n) is 7.84. The van der Waals surface area contributed by atoms with Gasteiger partial charge in [-0.05, 0) is 42.3 Å². The lowest BCUT2D eigenvalue weighted by molar-refractivity contribution is -0.136. The molecular formula is C24H28N2O6. The summed E-state index contributed by atoms with van der Waals surface area (Å²) in [5.41, 5.74) is 1.88. The molecule has 2 aromatic carbocycles. The lowest BCUT2D eigenvalue weighted by Gasteiger charge is -2.29. The van der Waals surface area contributed by atoms with Gasteiger partial charge in [0.15, 0.2) is 6.79 Å². The van der Waals surface area contributed by atoms with E-state index in [9.17, 15) is 9.59 Å². The average Bonchev–Trinajstić information content (AvgIpc) is 3.63. The number of ether oxygens (including phenoxy) is 4. The molecule has 32 heavy (non-hydrogen) atoms. The normalized spacial score (nSPS) is 22.1. The van der Waals surface area contributed by atoms with Gasteiger partial charge in [0, 0.05) is 19.4 Å². The molecule has 2 fully saturated rings. The molecular weight excluding hydrogens is 412 g/mol. The summed E-state index contributed by atoms with van der Waals surface area (Å²) in [5, 5.41) is 5.71. The van der Waals surface area contributed by atoms with E-state index >= 15 is 0 Å². The molecule has 0 bridgehead atoms. The molecule has 2 aromatic rings. The van der Waals surface area contributed by atoms with Gasteiger partial charge in [0.05, 0.1) is 6.61 Å². The molecule has 170 valence electrons. The summed E-state index contributed by atoms with van der Waals surface area (Å²) in [6.45, 7) is 3.99. The van der Waals surface area contributed by atoms with Gasteiger partial charge in [-0.3, -0.25) is 9.59 Å². The van der Waals surface area contributed by atoms with E-state index < -0.39 is 12.1 Å². The van der Waals surface area contributed by atoms with Crippen molar-refractivity contribution in [3.8, 4) is 11.5 Å². The van der Waals surface area contributed by atoms with Crippen LogP contribution in [0.4, 0.5) is 0 Å². The van der Waals surface area contributed by atoms with Crippen LogP contribution in [0.15, 0.2) is 48.5 Å². The Morgan fingerprint density at radius 3 is 1.81 bits per heavy atom. The standard InChI is InChI=1S/C24H28N2O6/c1-2-29-15-32-19-9-5-17(6-10-19)12-22-24(28)25-21(23(27)26-22)11-16-3-7-18(8-4-16)30-13-20-14-31-20/h3-10,20-22H,2,11-15H2,1H3,(H,25,28)(H,26,27). The van der Waals surface area contributed by atoms with Gasteiger partial charge in [-0.2, -0.15) is 0 Å². The van der Waals surface area contributed by atoms with Crippen molar-refractivity contribution in [3.05, 3.63) is 59.7 Å². The lowest BCUT2D eigenvalue weighted by atomic mass is 9.98. The zero-order valence-electron chi connectivity index (χ0n) is 18.0. The van der Waals surface area contributed by atoms with Crippen molar-refractivity contribution in [2.45, 2.75) is 38.0 Å². The van der Waals surface area contributed by atoms with E-state index in [4.69, 9.17) is 18.9 Å². The van der Waals surface area contributed by atoms with E-state index in [1.54, 1.807) is 0 Å². The zero-order chi connectivity index (χ0) is 22.3. The quantitative estimate of drug-likeness (QED) is 0.313. The molecule has 0 spiro atoms.